The van der Waals surface area contributed by atoms with Crippen molar-refractivity contribution in [1.82, 2.24) is 4.90 Å². The molecule has 0 unspecified atom stereocenters. The molecule has 0 aromatic heterocycles. The Morgan fingerprint density at radius 3 is 2.29 bits per heavy atom. The Kier molecular flexibility index (Phi) is 4.63. The number of hydrogen-bond acceptors (Lipinski definition) is 1. The maximum atomic E-state index is 3.49. The summed E-state index contributed by atoms with van der Waals surface area (Å²) in [4.78, 5) is 2.61. The van der Waals surface area contributed by atoms with Crippen LogP contribution in [0, 0.1) is 5.92 Å². The second-order valence-electron chi connectivity index (χ2n) is 5.33. The van der Waals surface area contributed by atoms with Gasteiger partial charge in [0.15, 0.2) is 0 Å². The Hall–Kier alpha value is -0.340. The van der Waals surface area contributed by atoms with E-state index in [1.54, 1.807) is 0 Å². The van der Waals surface area contributed by atoms with E-state index in [0.29, 0.717) is 5.92 Å². The van der Waals surface area contributed by atoms with Crippen LogP contribution in [0.5, 0.6) is 0 Å². The Morgan fingerprint density at radius 2 is 1.71 bits per heavy atom. The molecule has 17 heavy (non-hydrogen) atoms. The number of nitrogens with zero attached hydrogens (tertiary/aromatic N) is 1. The Labute approximate surface area is 113 Å². The molecule has 1 nitrogen and oxygen atoms in total. The summed E-state index contributed by atoms with van der Waals surface area (Å²) in [5.41, 5.74) is 1.46. The number of likely N-dealkylation sites (tertiary alicyclic amines) is 1. The van der Waals surface area contributed by atoms with Crippen molar-refractivity contribution in [2.45, 2.75) is 32.6 Å². The number of hydrogen-bond donors (Lipinski definition) is 0. The van der Waals surface area contributed by atoms with Crippen LogP contribution >= 0.6 is 15.9 Å². The maximum absolute atomic E-state index is 3.49. The number of rotatable bonds is 4. The van der Waals surface area contributed by atoms with Crippen LogP contribution in [-0.4, -0.2) is 24.5 Å². The summed E-state index contributed by atoms with van der Waals surface area (Å²) in [5, 5.41) is 0. The second-order valence-corrected chi connectivity index (χ2v) is 6.24. The summed E-state index contributed by atoms with van der Waals surface area (Å²) < 4.78 is 1.17. The van der Waals surface area contributed by atoms with Crippen molar-refractivity contribution in [3.8, 4) is 0 Å². The average molecular weight is 296 g/mol. The van der Waals surface area contributed by atoms with Gasteiger partial charge in [-0.15, -0.1) is 0 Å². The lowest BCUT2D eigenvalue weighted by atomic mass is 9.88. The molecule has 1 aliphatic heterocycles. The third kappa shape index (κ3) is 3.56. The van der Waals surface area contributed by atoms with Crippen molar-refractivity contribution < 1.29 is 0 Å². The first kappa shape index (κ1) is 13.1. The quantitative estimate of drug-likeness (QED) is 0.801. The molecule has 2 rings (SSSR count). The predicted molar refractivity (Wildman–Crippen MR) is 77.4 cm³/mol. The van der Waals surface area contributed by atoms with Crippen molar-refractivity contribution in [2.75, 3.05) is 19.6 Å². The first-order chi connectivity index (χ1) is 8.16. The van der Waals surface area contributed by atoms with E-state index in [2.05, 4.69) is 58.9 Å². The molecule has 0 spiro atoms. The highest BCUT2D eigenvalue weighted by molar-refractivity contribution is 9.10. The minimum absolute atomic E-state index is 0.642. The monoisotopic (exact) mass is 295 g/mol. The molecule has 94 valence electrons. The summed E-state index contributed by atoms with van der Waals surface area (Å²) in [6.07, 6.45) is 2.78. The molecule has 1 aromatic carbocycles. The molecule has 0 bridgehead atoms. The van der Waals surface area contributed by atoms with E-state index in [9.17, 15) is 0 Å². The highest BCUT2D eigenvalue weighted by Crippen LogP contribution is 2.26. The third-order valence-electron chi connectivity index (χ3n) is 3.99. The molecule has 0 N–H and O–H groups in total. The highest BCUT2D eigenvalue weighted by Gasteiger charge is 2.19. The molecule has 0 saturated carbocycles. The largest absolute Gasteiger partial charge is 0.303 e. The zero-order valence-corrected chi connectivity index (χ0v) is 12.4. The van der Waals surface area contributed by atoms with Crippen LogP contribution in [0.25, 0.3) is 0 Å². The standard InChI is InChI=1S/C15H22BrN/c1-12(11-17-9-3-4-10-17)13(2)14-5-7-15(16)8-6-14/h5-8,12-13H,3-4,9-11H2,1-2H3/t12-,13+/m1/s1. The summed E-state index contributed by atoms with van der Waals surface area (Å²) in [5.74, 6) is 1.37. The lowest BCUT2D eigenvalue weighted by Gasteiger charge is -2.25. The predicted octanol–water partition coefficient (Wildman–Crippen LogP) is 4.28. The van der Waals surface area contributed by atoms with Crippen molar-refractivity contribution in [3.05, 3.63) is 34.3 Å². The van der Waals surface area contributed by atoms with Gasteiger partial charge in [-0.2, -0.15) is 0 Å². The van der Waals surface area contributed by atoms with Crippen LogP contribution in [0.15, 0.2) is 28.7 Å². The molecule has 1 heterocycles. The smallest absolute Gasteiger partial charge is 0.0175 e. The number of benzene rings is 1. The molecule has 1 fully saturated rings. The third-order valence-corrected chi connectivity index (χ3v) is 4.52. The van der Waals surface area contributed by atoms with E-state index in [-0.39, 0.29) is 0 Å². The Morgan fingerprint density at radius 1 is 1.12 bits per heavy atom. The molecular weight excluding hydrogens is 274 g/mol. The van der Waals surface area contributed by atoms with Gasteiger partial charge in [-0.1, -0.05) is 41.9 Å². The molecular formula is C15H22BrN. The fourth-order valence-electron chi connectivity index (χ4n) is 2.63. The van der Waals surface area contributed by atoms with Crippen LogP contribution in [0.4, 0.5) is 0 Å². The van der Waals surface area contributed by atoms with Gasteiger partial charge in [-0.05, 0) is 55.5 Å². The Balaban J connectivity index is 1.93. The zero-order valence-electron chi connectivity index (χ0n) is 10.8. The van der Waals surface area contributed by atoms with Crippen LogP contribution in [0.1, 0.15) is 38.2 Å². The van der Waals surface area contributed by atoms with Gasteiger partial charge in [0.2, 0.25) is 0 Å². The first-order valence-electron chi connectivity index (χ1n) is 6.64. The topological polar surface area (TPSA) is 3.24 Å². The van der Waals surface area contributed by atoms with Crippen LogP contribution in [-0.2, 0) is 0 Å². The van der Waals surface area contributed by atoms with Gasteiger partial charge in [0.1, 0.15) is 0 Å². The average Bonchev–Trinajstić information content (AvgIpc) is 2.82. The molecule has 1 saturated heterocycles. The van der Waals surface area contributed by atoms with Gasteiger partial charge in [0.05, 0.1) is 0 Å². The van der Waals surface area contributed by atoms with Crippen molar-refractivity contribution >= 4 is 15.9 Å². The van der Waals surface area contributed by atoms with E-state index in [0.717, 1.165) is 5.92 Å². The maximum Gasteiger partial charge on any atom is 0.0175 e. The first-order valence-corrected chi connectivity index (χ1v) is 7.44. The van der Waals surface area contributed by atoms with Crippen molar-refractivity contribution in [2.24, 2.45) is 5.92 Å². The molecule has 2 heteroatoms. The van der Waals surface area contributed by atoms with Crippen LogP contribution in [0.3, 0.4) is 0 Å². The van der Waals surface area contributed by atoms with E-state index < -0.39 is 0 Å². The fourth-order valence-corrected chi connectivity index (χ4v) is 2.89. The molecule has 2 atom stereocenters. The molecule has 1 aromatic rings. The van der Waals surface area contributed by atoms with Gasteiger partial charge >= 0.3 is 0 Å². The number of halogens is 1. The lowest BCUT2D eigenvalue weighted by molar-refractivity contribution is 0.269. The molecule has 1 aliphatic rings. The summed E-state index contributed by atoms with van der Waals surface area (Å²) in [6, 6.07) is 8.78. The zero-order chi connectivity index (χ0) is 12.3. The van der Waals surface area contributed by atoms with Gasteiger partial charge in [0, 0.05) is 11.0 Å². The van der Waals surface area contributed by atoms with E-state index in [1.165, 1.54) is 42.5 Å². The highest BCUT2D eigenvalue weighted by atomic mass is 79.9. The van der Waals surface area contributed by atoms with Gasteiger partial charge in [-0.25, -0.2) is 0 Å². The summed E-state index contributed by atoms with van der Waals surface area (Å²) >= 11 is 3.49. The minimum atomic E-state index is 0.642. The summed E-state index contributed by atoms with van der Waals surface area (Å²) in [6.45, 7) is 8.58. The van der Waals surface area contributed by atoms with Crippen LogP contribution < -0.4 is 0 Å². The van der Waals surface area contributed by atoms with Crippen molar-refractivity contribution in [1.29, 1.82) is 0 Å². The second kappa shape index (κ2) is 6.01. The Bertz CT molecular complexity index is 340. The SMILES string of the molecule is C[C@H](CN1CCCC1)[C@H](C)c1ccc(Br)cc1. The van der Waals surface area contributed by atoms with E-state index in [1.807, 2.05) is 0 Å². The van der Waals surface area contributed by atoms with Gasteiger partial charge in [0.25, 0.3) is 0 Å². The fraction of sp³-hybridized carbons (Fsp3) is 0.600. The lowest BCUT2D eigenvalue weighted by Crippen LogP contribution is -2.27. The van der Waals surface area contributed by atoms with Gasteiger partial charge < -0.3 is 4.90 Å². The van der Waals surface area contributed by atoms with E-state index >= 15 is 0 Å². The normalized spacial score (nSPS) is 20.4. The molecule has 0 aliphatic carbocycles. The summed E-state index contributed by atoms with van der Waals surface area (Å²) in [7, 11) is 0. The van der Waals surface area contributed by atoms with Crippen molar-refractivity contribution in [3.63, 3.8) is 0 Å². The minimum Gasteiger partial charge on any atom is -0.303 e. The molecule has 0 radical (unpaired) electrons. The van der Waals surface area contributed by atoms with Crippen LogP contribution in [0.2, 0.25) is 0 Å². The van der Waals surface area contributed by atoms with E-state index in [4.69, 9.17) is 0 Å². The molecule has 0 amide bonds. The van der Waals surface area contributed by atoms with Gasteiger partial charge in [-0.3, -0.25) is 0 Å².